The molecule has 0 spiro atoms. The molecule has 3 nitrogen and oxygen atoms in total. The molecule has 2 N–H and O–H groups in total. The molecule has 1 amide bonds. The lowest BCUT2D eigenvalue weighted by Crippen LogP contribution is -2.34. The molecule has 2 aromatic rings. The topological polar surface area (TPSA) is 49.3 Å². The van der Waals surface area contributed by atoms with Crippen LogP contribution in [-0.2, 0) is 10.8 Å². The maximum atomic E-state index is 11.5. The number of aryl methyl sites for hydroxylation is 1. The summed E-state index contributed by atoms with van der Waals surface area (Å²) in [6.45, 7) is 15.8. The van der Waals surface area contributed by atoms with Crippen LogP contribution in [0, 0.1) is 6.92 Å². The van der Waals surface area contributed by atoms with Crippen LogP contribution < -0.4 is 5.48 Å². The van der Waals surface area contributed by atoms with Gasteiger partial charge in [0.25, 0.3) is 5.91 Å². The van der Waals surface area contributed by atoms with E-state index in [0.717, 1.165) is 16.7 Å². The fourth-order valence-corrected chi connectivity index (χ4v) is 4.09. The lowest BCUT2D eigenvalue weighted by atomic mass is 9.62. The molecule has 3 rings (SSSR count). The van der Waals surface area contributed by atoms with Gasteiger partial charge in [-0.2, -0.15) is 0 Å². The van der Waals surface area contributed by atoms with Crippen LogP contribution in [0.4, 0.5) is 0 Å². The van der Waals surface area contributed by atoms with Crippen molar-refractivity contribution in [3.63, 3.8) is 0 Å². The summed E-state index contributed by atoms with van der Waals surface area (Å²) < 4.78 is 0. The fourth-order valence-electron chi connectivity index (χ4n) is 4.09. The van der Waals surface area contributed by atoms with Crippen LogP contribution in [0.15, 0.2) is 43.0 Å². The first-order valence-electron chi connectivity index (χ1n) is 9.46. The summed E-state index contributed by atoms with van der Waals surface area (Å²) in [7, 11) is 0. The van der Waals surface area contributed by atoms with Gasteiger partial charge in [-0.05, 0) is 76.1 Å². The number of rotatable bonds is 3. The normalized spacial score (nSPS) is 17.1. The first-order valence-corrected chi connectivity index (χ1v) is 9.46. The molecule has 3 heteroatoms. The Kier molecular flexibility index (Phi) is 4.77. The molecular formula is C24H29NO2. The van der Waals surface area contributed by atoms with Gasteiger partial charge in [-0.15, -0.1) is 0 Å². The minimum Gasteiger partial charge on any atom is -0.288 e. The van der Waals surface area contributed by atoms with E-state index < -0.39 is 5.91 Å². The molecule has 142 valence electrons. The van der Waals surface area contributed by atoms with Crippen molar-refractivity contribution in [2.24, 2.45) is 0 Å². The molecule has 0 aromatic heterocycles. The Hall–Kier alpha value is -2.39. The van der Waals surface area contributed by atoms with Gasteiger partial charge in [0.05, 0.1) is 0 Å². The third-order valence-electron chi connectivity index (χ3n) is 6.12. The van der Waals surface area contributed by atoms with E-state index in [-0.39, 0.29) is 10.8 Å². The van der Waals surface area contributed by atoms with Crippen molar-refractivity contribution < 1.29 is 10.0 Å². The summed E-state index contributed by atoms with van der Waals surface area (Å²) in [5, 5.41) is 8.77. The summed E-state index contributed by atoms with van der Waals surface area (Å²) >= 11 is 0. The number of benzene rings is 2. The number of nitrogens with one attached hydrogen (secondary N) is 1. The molecular weight excluding hydrogens is 334 g/mol. The van der Waals surface area contributed by atoms with Crippen molar-refractivity contribution in [1.82, 2.24) is 5.48 Å². The number of hydrogen-bond donors (Lipinski definition) is 2. The highest BCUT2D eigenvalue weighted by Gasteiger charge is 2.37. The molecule has 0 atom stereocenters. The quantitative estimate of drug-likeness (QED) is 0.557. The van der Waals surface area contributed by atoms with Gasteiger partial charge < -0.3 is 0 Å². The van der Waals surface area contributed by atoms with Crippen molar-refractivity contribution in [3.05, 3.63) is 76.4 Å². The Labute approximate surface area is 162 Å². The number of carbonyl (C=O) groups is 1. The van der Waals surface area contributed by atoms with Gasteiger partial charge >= 0.3 is 0 Å². The predicted molar refractivity (Wildman–Crippen MR) is 110 cm³/mol. The van der Waals surface area contributed by atoms with E-state index in [2.05, 4.69) is 53.3 Å². The van der Waals surface area contributed by atoms with Gasteiger partial charge in [0.2, 0.25) is 0 Å². The van der Waals surface area contributed by atoms with Crippen LogP contribution in [0.5, 0.6) is 0 Å². The number of fused-ring (bicyclic) bond motifs is 1. The average Bonchev–Trinajstić information content (AvgIpc) is 2.64. The highest BCUT2D eigenvalue weighted by molar-refractivity contribution is 5.94. The second-order valence-electron chi connectivity index (χ2n) is 8.98. The number of amides is 1. The molecule has 0 saturated carbocycles. The first-order chi connectivity index (χ1) is 12.6. The third-order valence-corrected chi connectivity index (χ3v) is 6.12. The number of hydrogen-bond acceptors (Lipinski definition) is 2. The Morgan fingerprint density at radius 1 is 0.963 bits per heavy atom. The summed E-state index contributed by atoms with van der Waals surface area (Å²) in [5.41, 5.74) is 9.57. The fraction of sp³-hybridized carbons (Fsp3) is 0.375. The smallest absolute Gasteiger partial charge is 0.274 e. The minimum absolute atomic E-state index is 0.149. The lowest BCUT2D eigenvalue weighted by molar-refractivity contribution is 0.0706. The van der Waals surface area contributed by atoms with Crippen molar-refractivity contribution in [3.8, 4) is 0 Å². The van der Waals surface area contributed by atoms with Crippen molar-refractivity contribution in [1.29, 1.82) is 0 Å². The van der Waals surface area contributed by atoms with Gasteiger partial charge in [-0.25, -0.2) is 5.48 Å². The number of hydroxylamine groups is 1. The minimum atomic E-state index is -0.513. The molecule has 0 saturated heterocycles. The van der Waals surface area contributed by atoms with E-state index in [9.17, 15) is 4.79 Å². The Morgan fingerprint density at radius 3 is 1.96 bits per heavy atom. The zero-order valence-electron chi connectivity index (χ0n) is 16.9. The monoisotopic (exact) mass is 363 g/mol. The standard InChI is InChI=1S/C24H29NO2/c1-15-13-20-21(24(5,6)12-11-23(20,3)4)14-19(15)16(2)17-7-9-18(10-8-17)22(26)25-27/h7-10,13-14,27H,2,11-12H2,1,3-6H3,(H,25,26). The van der Waals surface area contributed by atoms with Crippen molar-refractivity contribution in [2.45, 2.75) is 58.3 Å². The van der Waals surface area contributed by atoms with E-state index in [1.807, 2.05) is 12.1 Å². The van der Waals surface area contributed by atoms with Gasteiger partial charge in [-0.3, -0.25) is 10.0 Å². The molecule has 0 radical (unpaired) electrons. The van der Waals surface area contributed by atoms with E-state index in [1.165, 1.54) is 29.5 Å². The molecule has 1 aliphatic rings. The molecule has 0 aliphatic heterocycles. The second-order valence-corrected chi connectivity index (χ2v) is 8.98. The highest BCUT2D eigenvalue weighted by Crippen LogP contribution is 2.47. The first kappa shape index (κ1) is 19.4. The van der Waals surface area contributed by atoms with Gasteiger partial charge in [0, 0.05) is 5.56 Å². The summed E-state index contributed by atoms with van der Waals surface area (Å²) in [5.74, 6) is -0.513. The Morgan fingerprint density at radius 2 is 1.44 bits per heavy atom. The average molecular weight is 364 g/mol. The van der Waals surface area contributed by atoms with E-state index in [1.54, 1.807) is 17.6 Å². The maximum absolute atomic E-state index is 11.5. The molecule has 0 unspecified atom stereocenters. The van der Waals surface area contributed by atoms with Crippen LogP contribution in [0.2, 0.25) is 0 Å². The van der Waals surface area contributed by atoms with Crippen molar-refractivity contribution >= 4 is 11.5 Å². The summed E-state index contributed by atoms with van der Waals surface area (Å²) in [6.07, 6.45) is 2.37. The van der Waals surface area contributed by atoms with Crippen LogP contribution in [-0.4, -0.2) is 11.1 Å². The largest absolute Gasteiger partial charge is 0.288 e. The third kappa shape index (κ3) is 3.44. The van der Waals surface area contributed by atoms with E-state index in [0.29, 0.717) is 5.56 Å². The molecule has 0 heterocycles. The van der Waals surface area contributed by atoms with Crippen LogP contribution in [0.3, 0.4) is 0 Å². The van der Waals surface area contributed by atoms with Gasteiger partial charge in [0.15, 0.2) is 0 Å². The number of carbonyl (C=O) groups excluding carboxylic acids is 1. The molecule has 1 aliphatic carbocycles. The van der Waals surface area contributed by atoms with Crippen molar-refractivity contribution in [2.75, 3.05) is 0 Å². The lowest BCUT2D eigenvalue weighted by Gasteiger charge is -2.42. The second kappa shape index (κ2) is 6.65. The summed E-state index contributed by atoms with van der Waals surface area (Å²) in [6, 6.07) is 11.8. The maximum Gasteiger partial charge on any atom is 0.274 e. The molecule has 0 fully saturated rings. The van der Waals surface area contributed by atoms with E-state index in [4.69, 9.17) is 5.21 Å². The molecule has 2 aromatic carbocycles. The van der Waals surface area contributed by atoms with Crippen LogP contribution in [0.1, 0.15) is 78.7 Å². The van der Waals surface area contributed by atoms with Crippen LogP contribution in [0.25, 0.3) is 5.57 Å². The summed E-state index contributed by atoms with van der Waals surface area (Å²) in [4.78, 5) is 11.5. The van der Waals surface area contributed by atoms with Gasteiger partial charge in [-0.1, -0.05) is 58.5 Å². The SMILES string of the molecule is C=C(c1ccc(C(=O)NO)cc1)c1cc2c(cc1C)C(C)(C)CCC2(C)C. The predicted octanol–water partition coefficient (Wildman–Crippen LogP) is 5.52. The zero-order chi connectivity index (χ0) is 20.0. The Balaban J connectivity index is 2.05. The molecule has 27 heavy (non-hydrogen) atoms. The Bertz CT molecular complexity index is 905. The van der Waals surface area contributed by atoms with Gasteiger partial charge in [0.1, 0.15) is 0 Å². The van der Waals surface area contributed by atoms with E-state index >= 15 is 0 Å². The zero-order valence-corrected chi connectivity index (χ0v) is 16.9. The van der Waals surface area contributed by atoms with Crippen LogP contribution >= 0.6 is 0 Å². The highest BCUT2D eigenvalue weighted by atomic mass is 16.5. The molecule has 0 bridgehead atoms.